The summed E-state index contributed by atoms with van der Waals surface area (Å²) in [4.78, 5) is 29.9. The van der Waals surface area contributed by atoms with Crippen molar-refractivity contribution in [3.8, 4) is 0 Å². The number of carbonyl (C=O) groups excluding carboxylic acids is 2. The van der Waals surface area contributed by atoms with Crippen molar-refractivity contribution in [3.05, 3.63) is 58.1 Å². The van der Waals surface area contributed by atoms with Gasteiger partial charge >= 0.3 is 5.97 Å². The van der Waals surface area contributed by atoms with Gasteiger partial charge in [-0.1, -0.05) is 11.3 Å². The summed E-state index contributed by atoms with van der Waals surface area (Å²) in [5.74, 6) is -1.74. The van der Waals surface area contributed by atoms with E-state index in [1.807, 2.05) is 26.0 Å². The lowest BCUT2D eigenvalue weighted by molar-refractivity contribution is -0.141. The van der Waals surface area contributed by atoms with Crippen LogP contribution in [0.15, 0.2) is 46.3 Å². The molecule has 1 saturated heterocycles. The van der Waals surface area contributed by atoms with Crippen molar-refractivity contribution in [1.29, 1.82) is 0 Å². The Bertz CT molecular complexity index is 1450. The maximum atomic E-state index is 13.2. The van der Waals surface area contributed by atoms with Gasteiger partial charge in [0, 0.05) is 19.0 Å². The molecule has 3 aromatic rings. The molecule has 0 spiro atoms. The van der Waals surface area contributed by atoms with E-state index in [0.29, 0.717) is 17.6 Å². The summed E-state index contributed by atoms with van der Waals surface area (Å²) in [6.45, 7) is 4.23. The lowest BCUT2D eigenvalue weighted by Crippen LogP contribution is -2.40. The summed E-state index contributed by atoms with van der Waals surface area (Å²) in [7, 11) is -2.46. The number of benzene rings is 2. The van der Waals surface area contributed by atoms with Gasteiger partial charge in [0.1, 0.15) is 12.4 Å². The molecule has 0 bridgehead atoms. The fourth-order valence-electron chi connectivity index (χ4n) is 4.04. The fraction of sp³-hybridized carbons (Fsp3) is 0.375. The van der Waals surface area contributed by atoms with Gasteiger partial charge in [0.15, 0.2) is 4.80 Å². The molecule has 0 N–H and O–H groups in total. The molecule has 0 unspecified atom stereocenters. The molecule has 2 aromatic carbocycles. The largest absolute Gasteiger partial charge is 0.468 e. The number of carbonyl (C=O) groups is 2. The number of ether oxygens (including phenoxy) is 1. The first-order chi connectivity index (χ1) is 16.6. The van der Waals surface area contributed by atoms with Crippen molar-refractivity contribution in [1.82, 2.24) is 8.87 Å². The number of aromatic nitrogens is 1. The maximum Gasteiger partial charge on any atom is 0.325 e. The van der Waals surface area contributed by atoms with Crippen LogP contribution in [-0.4, -0.2) is 49.4 Å². The Kier molecular flexibility index (Phi) is 7.20. The Balaban J connectivity index is 1.57. The van der Waals surface area contributed by atoms with Crippen LogP contribution in [0.3, 0.4) is 0 Å². The number of halogens is 1. The molecule has 0 aliphatic carbocycles. The maximum absolute atomic E-state index is 13.2. The molecule has 4 rings (SSSR count). The number of nitrogens with zero attached hydrogens (tertiary/aromatic N) is 3. The third kappa shape index (κ3) is 5.21. The van der Waals surface area contributed by atoms with Gasteiger partial charge in [0.2, 0.25) is 10.0 Å². The molecule has 1 aliphatic heterocycles. The summed E-state index contributed by atoms with van der Waals surface area (Å²) in [5, 5.41) is 0. The average Bonchev–Trinajstić information content (AvgIpc) is 3.15. The number of fused-ring (bicyclic) bond motifs is 1. The molecule has 186 valence electrons. The molecule has 35 heavy (non-hydrogen) atoms. The van der Waals surface area contributed by atoms with Crippen LogP contribution < -0.4 is 4.80 Å². The zero-order valence-electron chi connectivity index (χ0n) is 19.7. The topological polar surface area (TPSA) is 98.0 Å². The highest BCUT2D eigenvalue weighted by atomic mass is 32.2. The summed E-state index contributed by atoms with van der Waals surface area (Å²) in [6.07, 6.45) is 0.645. The number of esters is 1. The fourth-order valence-corrected chi connectivity index (χ4v) is 6.62. The standard InChI is InChI=1S/C24H26FN3O5S2/c1-15-12-20-21(13-16(15)2)34-24(28(20)14-22(29)33-3)26-23(30)17-8-10-27(11-9-17)35(31,32)19-6-4-18(25)5-7-19/h4-7,12-13,17H,8-11,14H2,1-3H3. The van der Waals surface area contributed by atoms with Crippen LogP contribution in [0.4, 0.5) is 4.39 Å². The molecule has 8 nitrogen and oxygen atoms in total. The second-order valence-corrected chi connectivity index (χ2v) is 11.5. The van der Waals surface area contributed by atoms with E-state index in [1.165, 1.54) is 34.9 Å². The number of thiazole rings is 1. The van der Waals surface area contributed by atoms with E-state index in [4.69, 9.17) is 4.74 Å². The number of aryl methyl sites for hydroxylation is 2. The minimum atomic E-state index is -3.76. The smallest absolute Gasteiger partial charge is 0.325 e. The summed E-state index contributed by atoms with van der Waals surface area (Å²) in [6, 6.07) is 8.67. The number of amides is 1. The predicted octanol–water partition coefficient (Wildman–Crippen LogP) is 3.16. The first-order valence-corrected chi connectivity index (χ1v) is 13.4. The SMILES string of the molecule is COC(=O)Cn1c(=NC(=O)C2CCN(S(=O)(=O)c3ccc(F)cc3)CC2)sc2cc(C)c(C)cc21. The van der Waals surface area contributed by atoms with Crippen LogP contribution in [0.25, 0.3) is 10.2 Å². The average molecular weight is 520 g/mol. The van der Waals surface area contributed by atoms with Gasteiger partial charge in [-0.15, -0.1) is 0 Å². The normalized spacial score (nSPS) is 16.1. The minimum absolute atomic E-state index is 0.0214. The van der Waals surface area contributed by atoms with E-state index in [2.05, 4.69) is 4.99 Å². The number of rotatable bonds is 5. The second-order valence-electron chi connectivity index (χ2n) is 8.53. The molecule has 0 atom stereocenters. The highest BCUT2D eigenvalue weighted by Gasteiger charge is 2.32. The van der Waals surface area contributed by atoms with E-state index >= 15 is 0 Å². The molecule has 0 saturated carbocycles. The molecule has 11 heteroatoms. The van der Waals surface area contributed by atoms with Crippen molar-refractivity contribution >= 4 is 43.5 Å². The molecule has 1 amide bonds. The lowest BCUT2D eigenvalue weighted by Gasteiger charge is -2.29. The Morgan fingerprint density at radius 3 is 2.37 bits per heavy atom. The second kappa shape index (κ2) is 10.00. The Morgan fingerprint density at radius 2 is 1.74 bits per heavy atom. The van der Waals surface area contributed by atoms with Gasteiger partial charge < -0.3 is 9.30 Å². The van der Waals surface area contributed by atoms with E-state index in [-0.39, 0.29) is 30.4 Å². The Labute approximate surface area is 206 Å². The summed E-state index contributed by atoms with van der Waals surface area (Å²) >= 11 is 1.33. The first kappa shape index (κ1) is 25.2. The van der Waals surface area contributed by atoms with E-state index in [0.717, 1.165) is 33.5 Å². The number of sulfonamides is 1. The van der Waals surface area contributed by atoms with Gasteiger partial charge in [-0.2, -0.15) is 9.30 Å². The molecule has 1 aliphatic rings. The van der Waals surface area contributed by atoms with Crippen LogP contribution in [0, 0.1) is 25.6 Å². The zero-order valence-corrected chi connectivity index (χ0v) is 21.3. The van der Waals surface area contributed by atoms with E-state index in [9.17, 15) is 22.4 Å². The number of piperidine rings is 1. The van der Waals surface area contributed by atoms with Crippen LogP contribution in [0.1, 0.15) is 24.0 Å². The van der Waals surface area contributed by atoms with Gasteiger partial charge in [-0.05, 0) is 74.2 Å². The van der Waals surface area contributed by atoms with Crippen molar-refractivity contribution in [2.24, 2.45) is 10.9 Å². The highest BCUT2D eigenvalue weighted by molar-refractivity contribution is 7.89. The van der Waals surface area contributed by atoms with Gasteiger partial charge in [-0.25, -0.2) is 12.8 Å². The lowest BCUT2D eigenvalue weighted by atomic mass is 9.98. The van der Waals surface area contributed by atoms with Crippen molar-refractivity contribution in [3.63, 3.8) is 0 Å². The zero-order chi connectivity index (χ0) is 25.3. The third-order valence-corrected chi connectivity index (χ3v) is 9.23. The van der Waals surface area contributed by atoms with Crippen molar-refractivity contribution < 1.29 is 27.1 Å². The summed E-state index contributed by atoms with van der Waals surface area (Å²) in [5.41, 5.74) is 2.95. The number of methoxy groups -OCH3 is 1. The molecular formula is C24H26FN3O5S2. The van der Waals surface area contributed by atoms with E-state index < -0.39 is 27.7 Å². The first-order valence-electron chi connectivity index (χ1n) is 11.1. The number of hydrogen-bond donors (Lipinski definition) is 0. The minimum Gasteiger partial charge on any atom is -0.468 e. The molecule has 2 heterocycles. The molecule has 1 fully saturated rings. The highest BCUT2D eigenvalue weighted by Crippen LogP contribution is 2.26. The van der Waals surface area contributed by atoms with Crippen LogP contribution >= 0.6 is 11.3 Å². The molecular weight excluding hydrogens is 493 g/mol. The van der Waals surface area contributed by atoms with Gasteiger partial charge in [-0.3, -0.25) is 9.59 Å². The Hall–Kier alpha value is -2.89. The van der Waals surface area contributed by atoms with Crippen LogP contribution in [0.2, 0.25) is 0 Å². The van der Waals surface area contributed by atoms with Crippen LogP contribution in [0.5, 0.6) is 0 Å². The number of hydrogen-bond acceptors (Lipinski definition) is 6. The van der Waals surface area contributed by atoms with Gasteiger partial charge in [0.25, 0.3) is 5.91 Å². The van der Waals surface area contributed by atoms with E-state index in [1.54, 1.807) is 4.57 Å². The monoisotopic (exact) mass is 519 g/mol. The van der Waals surface area contributed by atoms with Crippen molar-refractivity contribution in [2.75, 3.05) is 20.2 Å². The Morgan fingerprint density at radius 1 is 1.11 bits per heavy atom. The van der Waals surface area contributed by atoms with Crippen LogP contribution in [-0.2, 0) is 30.9 Å². The van der Waals surface area contributed by atoms with Gasteiger partial charge in [0.05, 0.1) is 22.2 Å². The van der Waals surface area contributed by atoms with Crippen molar-refractivity contribution in [2.45, 2.75) is 38.1 Å². The molecule has 1 aromatic heterocycles. The quantitative estimate of drug-likeness (QED) is 0.483. The summed E-state index contributed by atoms with van der Waals surface area (Å²) < 4.78 is 47.6. The predicted molar refractivity (Wildman–Crippen MR) is 130 cm³/mol. The third-order valence-electron chi connectivity index (χ3n) is 6.27. The molecule has 0 radical (unpaired) electrons.